The number of nitrogens with one attached hydrogen (secondary N) is 1. The predicted octanol–water partition coefficient (Wildman–Crippen LogP) is 4.45. The maximum absolute atomic E-state index is 6.09. The van der Waals surface area contributed by atoms with E-state index in [9.17, 15) is 0 Å². The summed E-state index contributed by atoms with van der Waals surface area (Å²) in [5.74, 6) is 3.51. The number of rotatable bonds is 7. The van der Waals surface area contributed by atoms with Gasteiger partial charge in [0.1, 0.15) is 5.75 Å². The fourth-order valence-electron chi connectivity index (χ4n) is 3.85. The van der Waals surface area contributed by atoms with Crippen LogP contribution >= 0.6 is 0 Å². The van der Waals surface area contributed by atoms with Gasteiger partial charge in [-0.3, -0.25) is 0 Å². The zero-order chi connectivity index (χ0) is 18.5. The van der Waals surface area contributed by atoms with Gasteiger partial charge < -0.3 is 19.3 Å². The molecule has 0 bridgehead atoms. The lowest BCUT2D eigenvalue weighted by Crippen LogP contribution is -2.21. The molecular weight excluding hydrogens is 342 g/mol. The summed E-state index contributed by atoms with van der Waals surface area (Å²) in [6.45, 7) is 5.06. The minimum absolute atomic E-state index is 0.479. The summed E-state index contributed by atoms with van der Waals surface area (Å²) in [6, 6.07) is 6.20. The maximum Gasteiger partial charge on any atom is 0.245 e. The van der Waals surface area contributed by atoms with Crippen molar-refractivity contribution in [2.75, 3.05) is 25.1 Å². The minimum Gasteiger partial charge on any atom is -0.493 e. The van der Waals surface area contributed by atoms with Crippen LogP contribution in [0.1, 0.15) is 61.7 Å². The van der Waals surface area contributed by atoms with Crippen LogP contribution in [0.15, 0.2) is 22.7 Å². The lowest BCUT2D eigenvalue weighted by Gasteiger charge is -2.22. The van der Waals surface area contributed by atoms with Crippen molar-refractivity contribution in [2.45, 2.75) is 57.9 Å². The van der Waals surface area contributed by atoms with Gasteiger partial charge in [-0.15, -0.1) is 0 Å². The number of ether oxygens (including phenoxy) is 2. The first kappa shape index (κ1) is 18.3. The average Bonchev–Trinajstić information content (AvgIpc) is 3.39. The van der Waals surface area contributed by atoms with Crippen molar-refractivity contribution in [3.8, 4) is 5.75 Å². The number of aryl methyl sites for hydroxylation is 1. The fraction of sp³-hybridized carbons (Fsp3) is 0.619. The van der Waals surface area contributed by atoms with Crippen molar-refractivity contribution >= 4 is 5.69 Å². The van der Waals surface area contributed by atoms with Crippen LogP contribution in [0.5, 0.6) is 5.75 Å². The third-order valence-corrected chi connectivity index (χ3v) is 5.65. The Labute approximate surface area is 160 Å². The molecule has 0 amide bonds. The predicted molar refractivity (Wildman–Crippen MR) is 103 cm³/mol. The first-order valence-corrected chi connectivity index (χ1v) is 10.2. The summed E-state index contributed by atoms with van der Waals surface area (Å²) in [4.78, 5) is 4.56. The topological polar surface area (TPSA) is 69.4 Å². The van der Waals surface area contributed by atoms with Crippen LogP contribution in [0.3, 0.4) is 0 Å². The second kappa shape index (κ2) is 8.74. The largest absolute Gasteiger partial charge is 0.493 e. The van der Waals surface area contributed by atoms with Crippen molar-refractivity contribution in [3.63, 3.8) is 0 Å². The zero-order valence-corrected chi connectivity index (χ0v) is 16.1. The molecule has 0 unspecified atom stereocenters. The van der Waals surface area contributed by atoms with E-state index in [-0.39, 0.29) is 0 Å². The Morgan fingerprint density at radius 1 is 1.15 bits per heavy atom. The molecule has 0 spiro atoms. The SMILES string of the molecule is Cc1ccc(NCc2nc(C3CCCC3)no2)cc1OCC1CCOCC1. The molecule has 2 fully saturated rings. The highest BCUT2D eigenvalue weighted by Crippen LogP contribution is 2.32. The van der Waals surface area contributed by atoms with Crippen molar-refractivity contribution < 1.29 is 14.0 Å². The number of benzene rings is 1. The van der Waals surface area contributed by atoms with Gasteiger partial charge in [-0.25, -0.2) is 0 Å². The number of anilines is 1. The molecular formula is C21H29N3O3. The summed E-state index contributed by atoms with van der Waals surface area (Å²) in [7, 11) is 0. The van der Waals surface area contributed by atoms with E-state index in [1.54, 1.807) is 0 Å². The van der Waals surface area contributed by atoms with Crippen LogP contribution in [0.4, 0.5) is 5.69 Å². The monoisotopic (exact) mass is 371 g/mol. The molecule has 2 aliphatic rings. The quantitative estimate of drug-likeness (QED) is 0.775. The molecule has 1 saturated heterocycles. The Hall–Kier alpha value is -2.08. The lowest BCUT2D eigenvalue weighted by atomic mass is 10.0. The van der Waals surface area contributed by atoms with Gasteiger partial charge in [0.15, 0.2) is 5.82 Å². The van der Waals surface area contributed by atoms with Crippen LogP contribution in [0, 0.1) is 12.8 Å². The first-order valence-electron chi connectivity index (χ1n) is 10.2. The van der Waals surface area contributed by atoms with E-state index in [4.69, 9.17) is 14.0 Å². The molecule has 6 heteroatoms. The van der Waals surface area contributed by atoms with Crippen LogP contribution < -0.4 is 10.1 Å². The van der Waals surface area contributed by atoms with Gasteiger partial charge in [0.05, 0.1) is 13.2 Å². The summed E-state index contributed by atoms with van der Waals surface area (Å²) in [5, 5.41) is 7.54. The number of aromatic nitrogens is 2. The first-order chi connectivity index (χ1) is 13.3. The van der Waals surface area contributed by atoms with E-state index < -0.39 is 0 Å². The van der Waals surface area contributed by atoms with Crippen LogP contribution in [-0.2, 0) is 11.3 Å². The zero-order valence-electron chi connectivity index (χ0n) is 16.1. The summed E-state index contributed by atoms with van der Waals surface area (Å²) < 4.78 is 16.9. The van der Waals surface area contributed by atoms with Crippen molar-refractivity contribution in [2.24, 2.45) is 5.92 Å². The lowest BCUT2D eigenvalue weighted by molar-refractivity contribution is 0.0496. The second-order valence-electron chi connectivity index (χ2n) is 7.73. The van der Waals surface area contributed by atoms with Crippen LogP contribution in [-0.4, -0.2) is 30.0 Å². The maximum atomic E-state index is 6.09. The van der Waals surface area contributed by atoms with Gasteiger partial charge >= 0.3 is 0 Å². The van der Waals surface area contributed by atoms with Gasteiger partial charge in [0, 0.05) is 30.9 Å². The molecule has 1 aliphatic heterocycles. The number of hydrogen-bond donors (Lipinski definition) is 1. The molecule has 1 aromatic carbocycles. The summed E-state index contributed by atoms with van der Waals surface area (Å²) >= 11 is 0. The average molecular weight is 371 g/mol. The van der Waals surface area contributed by atoms with Crippen molar-refractivity contribution in [3.05, 3.63) is 35.5 Å². The van der Waals surface area contributed by atoms with E-state index in [2.05, 4.69) is 40.6 Å². The molecule has 2 aromatic rings. The molecule has 2 heterocycles. The van der Waals surface area contributed by atoms with Gasteiger partial charge in [-0.05, 0) is 50.2 Å². The van der Waals surface area contributed by atoms with E-state index in [1.165, 1.54) is 25.7 Å². The normalized spacial score (nSPS) is 18.7. The minimum atomic E-state index is 0.479. The van der Waals surface area contributed by atoms with Crippen LogP contribution in [0.2, 0.25) is 0 Å². The number of hydrogen-bond acceptors (Lipinski definition) is 6. The van der Waals surface area contributed by atoms with E-state index in [1.807, 2.05) is 0 Å². The molecule has 1 aliphatic carbocycles. The molecule has 0 radical (unpaired) electrons. The molecule has 1 N–H and O–H groups in total. The molecule has 1 saturated carbocycles. The Morgan fingerprint density at radius 2 is 1.96 bits per heavy atom. The van der Waals surface area contributed by atoms with E-state index >= 15 is 0 Å². The van der Waals surface area contributed by atoms with Gasteiger partial charge in [-0.1, -0.05) is 24.1 Å². The highest BCUT2D eigenvalue weighted by Gasteiger charge is 2.22. The number of nitrogens with zero attached hydrogens (tertiary/aromatic N) is 2. The second-order valence-corrected chi connectivity index (χ2v) is 7.73. The van der Waals surface area contributed by atoms with E-state index in [0.29, 0.717) is 24.3 Å². The molecule has 6 nitrogen and oxygen atoms in total. The highest BCUT2D eigenvalue weighted by atomic mass is 16.5. The Bertz CT molecular complexity index is 734. The Kier molecular flexibility index (Phi) is 5.92. The van der Waals surface area contributed by atoms with Gasteiger partial charge in [-0.2, -0.15) is 4.98 Å². The smallest absolute Gasteiger partial charge is 0.245 e. The summed E-state index contributed by atoms with van der Waals surface area (Å²) in [6.07, 6.45) is 7.06. The molecule has 1 aromatic heterocycles. The third-order valence-electron chi connectivity index (χ3n) is 5.65. The Morgan fingerprint density at radius 3 is 2.78 bits per heavy atom. The molecule has 146 valence electrons. The van der Waals surface area contributed by atoms with Gasteiger partial charge in [0.25, 0.3) is 0 Å². The molecule has 4 rings (SSSR count). The van der Waals surface area contributed by atoms with E-state index in [0.717, 1.165) is 55.5 Å². The molecule has 27 heavy (non-hydrogen) atoms. The van der Waals surface area contributed by atoms with Crippen molar-refractivity contribution in [1.82, 2.24) is 10.1 Å². The highest BCUT2D eigenvalue weighted by molar-refractivity contribution is 5.51. The van der Waals surface area contributed by atoms with Crippen molar-refractivity contribution in [1.29, 1.82) is 0 Å². The fourth-order valence-corrected chi connectivity index (χ4v) is 3.85. The van der Waals surface area contributed by atoms with Crippen LogP contribution in [0.25, 0.3) is 0 Å². The standard InChI is InChI=1S/C21H29N3O3/c1-15-6-7-18(12-19(15)26-14-16-8-10-25-11-9-16)22-13-20-23-21(24-27-20)17-4-2-3-5-17/h6-7,12,16-17,22H,2-5,8-11,13-14H2,1H3. The van der Waals surface area contributed by atoms with Gasteiger partial charge in [0.2, 0.25) is 5.89 Å². The Balaban J connectivity index is 1.32. The third kappa shape index (κ3) is 4.80. The molecule has 0 atom stereocenters. The summed E-state index contributed by atoms with van der Waals surface area (Å²) in [5.41, 5.74) is 2.15.